The van der Waals surface area contributed by atoms with Crippen molar-refractivity contribution in [2.24, 2.45) is 0 Å². The standard InChI is InChI=1S/C11H8N2O3/c14-10(11(15)16)8-4-1-2-5-9(8)13-7-3-6-12-13/h1-7H,(H,15,16). The van der Waals surface area contributed by atoms with Crippen molar-refractivity contribution in [1.29, 1.82) is 0 Å². The summed E-state index contributed by atoms with van der Waals surface area (Å²) >= 11 is 0. The summed E-state index contributed by atoms with van der Waals surface area (Å²) in [5.41, 5.74) is 0.582. The lowest BCUT2D eigenvalue weighted by Gasteiger charge is -2.05. The SMILES string of the molecule is O=C(O)C(=O)c1ccccc1-n1cccn1. The van der Waals surface area contributed by atoms with Gasteiger partial charge < -0.3 is 5.11 Å². The highest BCUT2D eigenvalue weighted by atomic mass is 16.4. The van der Waals surface area contributed by atoms with Gasteiger partial charge in [-0.05, 0) is 18.2 Å². The van der Waals surface area contributed by atoms with Crippen LogP contribution in [0.1, 0.15) is 10.4 Å². The van der Waals surface area contributed by atoms with Crippen molar-refractivity contribution >= 4 is 11.8 Å². The van der Waals surface area contributed by atoms with Gasteiger partial charge in [-0.2, -0.15) is 5.10 Å². The first-order valence-corrected chi connectivity index (χ1v) is 4.57. The molecule has 2 aromatic rings. The maximum Gasteiger partial charge on any atom is 0.377 e. The minimum Gasteiger partial charge on any atom is -0.475 e. The van der Waals surface area contributed by atoms with Crippen molar-refractivity contribution < 1.29 is 14.7 Å². The van der Waals surface area contributed by atoms with Crippen molar-refractivity contribution in [3.8, 4) is 5.69 Å². The van der Waals surface area contributed by atoms with Crippen LogP contribution in [0.15, 0.2) is 42.7 Å². The summed E-state index contributed by atoms with van der Waals surface area (Å²) in [4.78, 5) is 22.1. The van der Waals surface area contributed by atoms with Crippen LogP contribution in [0, 0.1) is 0 Å². The van der Waals surface area contributed by atoms with Gasteiger partial charge in [0.2, 0.25) is 0 Å². The molecule has 5 heteroatoms. The second kappa shape index (κ2) is 3.98. The van der Waals surface area contributed by atoms with Gasteiger partial charge in [-0.1, -0.05) is 12.1 Å². The summed E-state index contributed by atoms with van der Waals surface area (Å²) in [7, 11) is 0. The molecule has 0 aliphatic heterocycles. The molecule has 0 unspecified atom stereocenters. The van der Waals surface area contributed by atoms with Crippen LogP contribution in [0.25, 0.3) is 5.69 Å². The van der Waals surface area contributed by atoms with E-state index in [0.717, 1.165) is 0 Å². The van der Waals surface area contributed by atoms with Crippen LogP contribution < -0.4 is 0 Å². The number of aliphatic carboxylic acids is 1. The molecule has 1 aromatic carbocycles. The number of ketones is 1. The second-order valence-electron chi connectivity index (χ2n) is 3.10. The number of rotatable bonds is 3. The van der Waals surface area contributed by atoms with Gasteiger partial charge >= 0.3 is 5.97 Å². The van der Waals surface area contributed by atoms with E-state index >= 15 is 0 Å². The van der Waals surface area contributed by atoms with Crippen LogP contribution >= 0.6 is 0 Å². The van der Waals surface area contributed by atoms with E-state index < -0.39 is 11.8 Å². The van der Waals surface area contributed by atoms with Gasteiger partial charge in [0.15, 0.2) is 0 Å². The molecule has 16 heavy (non-hydrogen) atoms. The Labute approximate surface area is 90.9 Å². The lowest BCUT2D eigenvalue weighted by atomic mass is 10.1. The Hall–Kier alpha value is -2.43. The molecule has 0 atom stereocenters. The zero-order valence-electron chi connectivity index (χ0n) is 8.20. The van der Waals surface area contributed by atoms with Crippen LogP contribution in [0.5, 0.6) is 0 Å². The van der Waals surface area contributed by atoms with E-state index in [1.165, 1.54) is 10.7 Å². The van der Waals surface area contributed by atoms with Crippen molar-refractivity contribution in [1.82, 2.24) is 9.78 Å². The molecule has 5 nitrogen and oxygen atoms in total. The van der Waals surface area contributed by atoms with Crippen molar-refractivity contribution in [2.45, 2.75) is 0 Å². The number of benzene rings is 1. The number of Topliss-reactive ketones (excluding diaryl/α,β-unsaturated/α-hetero) is 1. The zero-order chi connectivity index (χ0) is 11.5. The monoisotopic (exact) mass is 216 g/mol. The maximum atomic E-state index is 11.4. The Morgan fingerprint density at radius 2 is 1.94 bits per heavy atom. The number of carboxylic acids is 1. The molecule has 0 bridgehead atoms. The van der Waals surface area contributed by atoms with E-state index in [4.69, 9.17) is 5.11 Å². The molecule has 1 aromatic heterocycles. The fraction of sp³-hybridized carbons (Fsp3) is 0. The van der Waals surface area contributed by atoms with Gasteiger partial charge in [-0.15, -0.1) is 0 Å². The van der Waals surface area contributed by atoms with Crippen molar-refractivity contribution in [3.63, 3.8) is 0 Å². The fourth-order valence-corrected chi connectivity index (χ4v) is 1.39. The molecule has 0 aliphatic carbocycles. The van der Waals surface area contributed by atoms with Crippen LogP contribution in [0.2, 0.25) is 0 Å². The minimum atomic E-state index is -1.47. The number of carboxylic acid groups (broad SMARTS) is 1. The molecule has 0 spiro atoms. The number of hydrogen-bond acceptors (Lipinski definition) is 3. The Morgan fingerprint density at radius 1 is 1.19 bits per heavy atom. The first kappa shape index (κ1) is 10.1. The van der Waals surface area contributed by atoms with Crippen molar-refractivity contribution in [2.75, 3.05) is 0 Å². The highest BCUT2D eigenvalue weighted by Gasteiger charge is 2.18. The highest BCUT2D eigenvalue weighted by Crippen LogP contribution is 2.13. The third-order valence-corrected chi connectivity index (χ3v) is 2.09. The zero-order valence-corrected chi connectivity index (χ0v) is 8.20. The van der Waals surface area contributed by atoms with Gasteiger partial charge in [0.25, 0.3) is 5.78 Å². The average molecular weight is 216 g/mol. The van der Waals surface area contributed by atoms with Gasteiger partial charge in [-0.25, -0.2) is 9.48 Å². The largest absolute Gasteiger partial charge is 0.475 e. The number of carbonyl (C=O) groups excluding carboxylic acids is 1. The molecular formula is C11H8N2O3. The lowest BCUT2D eigenvalue weighted by Crippen LogP contribution is -2.15. The normalized spacial score (nSPS) is 10.0. The smallest absolute Gasteiger partial charge is 0.377 e. The van der Waals surface area contributed by atoms with Crippen molar-refractivity contribution in [3.05, 3.63) is 48.3 Å². The van der Waals surface area contributed by atoms with E-state index in [9.17, 15) is 9.59 Å². The van der Waals surface area contributed by atoms with Gasteiger partial charge in [0.1, 0.15) is 0 Å². The summed E-state index contributed by atoms with van der Waals surface area (Å²) in [5.74, 6) is -2.41. The predicted molar refractivity (Wildman–Crippen MR) is 55.5 cm³/mol. The summed E-state index contributed by atoms with van der Waals surface area (Å²) < 4.78 is 1.45. The molecule has 0 radical (unpaired) electrons. The third-order valence-electron chi connectivity index (χ3n) is 2.09. The van der Waals surface area contributed by atoms with E-state index in [1.807, 2.05) is 0 Å². The number of hydrogen-bond donors (Lipinski definition) is 1. The first-order valence-electron chi connectivity index (χ1n) is 4.57. The molecular weight excluding hydrogens is 208 g/mol. The molecule has 2 rings (SSSR count). The first-order chi connectivity index (χ1) is 7.70. The maximum absolute atomic E-state index is 11.4. The average Bonchev–Trinajstić information content (AvgIpc) is 2.81. The number of para-hydroxylation sites is 1. The fourth-order valence-electron chi connectivity index (χ4n) is 1.39. The van der Waals surface area contributed by atoms with Crippen LogP contribution in [0.4, 0.5) is 0 Å². The van der Waals surface area contributed by atoms with Crippen LogP contribution in [0.3, 0.4) is 0 Å². The predicted octanol–water partition coefficient (Wildman–Crippen LogP) is 1.14. The van der Waals surface area contributed by atoms with Crippen LogP contribution in [-0.4, -0.2) is 26.6 Å². The van der Waals surface area contributed by atoms with E-state index in [-0.39, 0.29) is 5.56 Å². The Kier molecular flexibility index (Phi) is 2.51. The van der Waals surface area contributed by atoms with E-state index in [0.29, 0.717) is 5.69 Å². The highest BCUT2D eigenvalue weighted by molar-refractivity contribution is 6.40. The van der Waals surface area contributed by atoms with Gasteiger partial charge in [-0.3, -0.25) is 4.79 Å². The van der Waals surface area contributed by atoms with E-state index in [1.54, 1.807) is 36.7 Å². The summed E-state index contributed by atoms with van der Waals surface area (Å²) in [5, 5.41) is 12.6. The lowest BCUT2D eigenvalue weighted by molar-refractivity contribution is -0.131. The number of carbonyl (C=O) groups is 2. The quantitative estimate of drug-likeness (QED) is 0.616. The van der Waals surface area contributed by atoms with Gasteiger partial charge in [0, 0.05) is 12.4 Å². The second-order valence-corrected chi connectivity index (χ2v) is 3.10. The van der Waals surface area contributed by atoms with Gasteiger partial charge in [0.05, 0.1) is 11.3 Å². The summed E-state index contributed by atoms with van der Waals surface area (Å²) in [6.07, 6.45) is 3.20. The Balaban J connectivity index is 2.55. The molecule has 1 heterocycles. The molecule has 0 fully saturated rings. The molecule has 0 aliphatic rings. The van der Waals surface area contributed by atoms with E-state index in [2.05, 4.69) is 5.10 Å². The summed E-state index contributed by atoms with van der Waals surface area (Å²) in [6, 6.07) is 8.14. The summed E-state index contributed by atoms with van der Waals surface area (Å²) in [6.45, 7) is 0. The molecule has 0 saturated heterocycles. The Bertz CT molecular complexity index is 532. The topological polar surface area (TPSA) is 72.2 Å². The molecule has 80 valence electrons. The minimum absolute atomic E-state index is 0.124. The van der Waals surface area contributed by atoms with Crippen LogP contribution in [-0.2, 0) is 4.79 Å². The number of aromatic nitrogens is 2. The molecule has 1 N–H and O–H groups in total. The molecule has 0 amide bonds. The third kappa shape index (κ3) is 1.70. The molecule has 0 saturated carbocycles. The Morgan fingerprint density at radius 3 is 2.56 bits per heavy atom. The number of nitrogens with zero attached hydrogens (tertiary/aromatic N) is 2.